The van der Waals surface area contributed by atoms with E-state index in [0.717, 1.165) is 25.2 Å². The minimum Gasteiger partial charge on any atom is -0.726 e. The summed E-state index contributed by atoms with van der Waals surface area (Å²) in [6.07, 6.45) is 8.83. The van der Waals surface area contributed by atoms with Crippen molar-refractivity contribution in [2.24, 2.45) is 40.4 Å². The van der Waals surface area contributed by atoms with Gasteiger partial charge in [-0.05, 0) is 105 Å². The van der Waals surface area contributed by atoms with Crippen molar-refractivity contribution in [3.8, 4) is 0 Å². The molecule has 4 aliphatic carbocycles. The highest BCUT2D eigenvalue weighted by Crippen LogP contribution is 2.67. The lowest BCUT2D eigenvalue weighted by Gasteiger charge is -2.61. The second-order valence-corrected chi connectivity index (χ2v) is 11.5. The fraction of sp³-hybridized carbons (Fsp3) is 1.00. The fourth-order valence-electron chi connectivity index (χ4n) is 8.31. The monoisotopic (exact) mass is 399 g/mol. The standard InChI is InChI=1S/C21H36O5S/c1-13(22)17-6-7-18-16-5-4-14-12-15(26-27(23,24)25)8-10-20(14,2)19(16)9-11-21(17,18)3/h13-19,22H,4-12H2,1-3H3,(H,23,24,25)/p-1/t13?,14?,15?,16-,17+,18-,19-,20-,21+/m0/s1. The highest BCUT2D eigenvalue weighted by atomic mass is 32.3. The molecule has 156 valence electrons. The van der Waals surface area contributed by atoms with Gasteiger partial charge in [0.2, 0.25) is 10.4 Å². The molecule has 0 spiro atoms. The third kappa shape index (κ3) is 3.28. The third-order valence-electron chi connectivity index (χ3n) is 9.53. The van der Waals surface area contributed by atoms with Crippen molar-refractivity contribution in [3.63, 3.8) is 0 Å². The minimum absolute atomic E-state index is 0.217. The molecule has 27 heavy (non-hydrogen) atoms. The number of rotatable bonds is 3. The van der Waals surface area contributed by atoms with Gasteiger partial charge in [-0.1, -0.05) is 13.8 Å². The molecular weight excluding hydrogens is 364 g/mol. The normalized spacial score (nSPS) is 51.1. The van der Waals surface area contributed by atoms with Crippen LogP contribution in [0.3, 0.4) is 0 Å². The second-order valence-electron chi connectivity index (χ2n) is 10.5. The van der Waals surface area contributed by atoms with Crippen LogP contribution in [-0.2, 0) is 14.6 Å². The van der Waals surface area contributed by atoms with Crippen molar-refractivity contribution in [3.05, 3.63) is 0 Å². The molecule has 4 rings (SSSR count). The van der Waals surface area contributed by atoms with Crippen molar-refractivity contribution in [2.75, 3.05) is 0 Å². The van der Waals surface area contributed by atoms with Gasteiger partial charge in [0.05, 0.1) is 12.2 Å². The molecule has 6 heteroatoms. The van der Waals surface area contributed by atoms with Gasteiger partial charge in [0.15, 0.2) is 0 Å². The molecule has 1 N–H and O–H groups in total. The number of aliphatic hydroxyl groups is 1. The fourth-order valence-corrected chi connectivity index (χ4v) is 8.81. The Bertz CT molecular complexity index is 676. The van der Waals surface area contributed by atoms with E-state index in [1.165, 1.54) is 25.7 Å². The first-order chi connectivity index (χ1) is 12.5. The van der Waals surface area contributed by atoms with Gasteiger partial charge in [0.1, 0.15) is 0 Å². The second kappa shape index (κ2) is 6.68. The van der Waals surface area contributed by atoms with Crippen LogP contribution < -0.4 is 0 Å². The molecule has 3 unspecified atom stereocenters. The molecule has 5 nitrogen and oxygen atoms in total. The van der Waals surface area contributed by atoms with E-state index in [1.54, 1.807) is 0 Å². The van der Waals surface area contributed by atoms with Crippen LogP contribution in [0, 0.1) is 40.4 Å². The molecule has 9 atom stereocenters. The number of aliphatic hydroxyl groups excluding tert-OH is 1. The Balaban J connectivity index is 1.52. The van der Waals surface area contributed by atoms with E-state index in [0.29, 0.717) is 36.5 Å². The first kappa shape index (κ1) is 20.1. The summed E-state index contributed by atoms with van der Waals surface area (Å²) in [4.78, 5) is 0. The predicted octanol–water partition coefficient (Wildman–Crippen LogP) is 3.87. The summed E-state index contributed by atoms with van der Waals surface area (Å²) in [5, 5.41) is 10.3. The molecule has 0 aromatic rings. The van der Waals surface area contributed by atoms with Crippen molar-refractivity contribution >= 4 is 10.4 Å². The average Bonchev–Trinajstić information content (AvgIpc) is 2.91. The summed E-state index contributed by atoms with van der Waals surface area (Å²) in [5.74, 6) is 3.02. The van der Waals surface area contributed by atoms with E-state index in [4.69, 9.17) is 4.18 Å². The zero-order valence-corrected chi connectivity index (χ0v) is 17.7. The Labute approximate surface area is 164 Å². The molecule has 0 radical (unpaired) electrons. The summed E-state index contributed by atoms with van der Waals surface area (Å²) in [6, 6.07) is 0. The molecule has 0 aromatic heterocycles. The zero-order valence-electron chi connectivity index (χ0n) is 16.9. The zero-order chi connectivity index (χ0) is 19.6. The maximum absolute atomic E-state index is 11.0. The van der Waals surface area contributed by atoms with E-state index in [1.807, 2.05) is 6.92 Å². The molecule has 0 heterocycles. The molecule has 0 aromatic carbocycles. The van der Waals surface area contributed by atoms with Crippen LogP contribution in [0.2, 0.25) is 0 Å². The predicted molar refractivity (Wildman–Crippen MR) is 101 cm³/mol. The van der Waals surface area contributed by atoms with Crippen molar-refractivity contribution < 1.29 is 22.3 Å². The lowest BCUT2D eigenvalue weighted by molar-refractivity contribution is -0.130. The number of hydrogen-bond acceptors (Lipinski definition) is 5. The average molecular weight is 400 g/mol. The summed E-state index contributed by atoms with van der Waals surface area (Å²) >= 11 is 0. The van der Waals surface area contributed by atoms with Crippen molar-refractivity contribution in [2.45, 2.75) is 90.8 Å². The molecular formula is C21H35O5S-. The van der Waals surface area contributed by atoms with Crippen LogP contribution in [0.5, 0.6) is 0 Å². The highest BCUT2D eigenvalue weighted by Gasteiger charge is 2.60. The van der Waals surface area contributed by atoms with Crippen molar-refractivity contribution in [1.82, 2.24) is 0 Å². The largest absolute Gasteiger partial charge is 0.726 e. The Morgan fingerprint density at radius 3 is 2.33 bits per heavy atom. The number of hydrogen-bond donors (Lipinski definition) is 1. The highest BCUT2D eigenvalue weighted by molar-refractivity contribution is 7.80. The lowest BCUT2D eigenvalue weighted by atomic mass is 9.44. The molecule has 0 bridgehead atoms. The van der Waals surface area contributed by atoms with Gasteiger partial charge in [-0.15, -0.1) is 0 Å². The summed E-state index contributed by atoms with van der Waals surface area (Å²) in [6.45, 7) is 6.81. The summed E-state index contributed by atoms with van der Waals surface area (Å²) < 4.78 is 37.9. The smallest absolute Gasteiger partial charge is 0.217 e. The van der Waals surface area contributed by atoms with Crippen LogP contribution in [0.15, 0.2) is 0 Å². The van der Waals surface area contributed by atoms with Gasteiger partial charge in [-0.25, -0.2) is 8.42 Å². The minimum atomic E-state index is -4.61. The Hall–Kier alpha value is -0.170. The topological polar surface area (TPSA) is 86.7 Å². The summed E-state index contributed by atoms with van der Waals surface area (Å²) in [5.41, 5.74) is 0.509. The maximum Gasteiger partial charge on any atom is 0.217 e. The summed E-state index contributed by atoms with van der Waals surface area (Å²) in [7, 11) is -4.61. The van der Waals surface area contributed by atoms with Gasteiger partial charge in [0, 0.05) is 0 Å². The quantitative estimate of drug-likeness (QED) is 0.575. The maximum atomic E-state index is 11.0. The molecule has 0 saturated heterocycles. The number of fused-ring (bicyclic) bond motifs is 5. The third-order valence-corrected chi connectivity index (χ3v) is 10.0. The molecule has 4 saturated carbocycles. The van der Waals surface area contributed by atoms with Crippen LogP contribution in [0.25, 0.3) is 0 Å². The molecule has 0 amide bonds. The van der Waals surface area contributed by atoms with Gasteiger partial charge >= 0.3 is 0 Å². The van der Waals surface area contributed by atoms with E-state index in [2.05, 4.69) is 13.8 Å². The van der Waals surface area contributed by atoms with Crippen LogP contribution >= 0.6 is 0 Å². The van der Waals surface area contributed by atoms with Gasteiger partial charge in [-0.3, -0.25) is 4.18 Å². The van der Waals surface area contributed by atoms with Crippen LogP contribution in [0.4, 0.5) is 0 Å². The SMILES string of the molecule is CC(O)[C@H]1CC[C@H]2[C@@H]3CCC4CC(OS(=O)(=O)[O-])CC[C@]4(C)[C@H]3CC[C@]12C. The van der Waals surface area contributed by atoms with E-state index >= 15 is 0 Å². The Morgan fingerprint density at radius 1 is 1.00 bits per heavy atom. The van der Waals surface area contributed by atoms with Gasteiger partial charge in [-0.2, -0.15) is 0 Å². The van der Waals surface area contributed by atoms with Gasteiger partial charge < -0.3 is 9.66 Å². The van der Waals surface area contributed by atoms with Crippen molar-refractivity contribution in [1.29, 1.82) is 0 Å². The van der Waals surface area contributed by atoms with E-state index in [9.17, 15) is 18.1 Å². The molecule has 4 aliphatic rings. The van der Waals surface area contributed by atoms with E-state index < -0.39 is 16.5 Å². The molecule has 0 aliphatic heterocycles. The van der Waals surface area contributed by atoms with Gasteiger partial charge in [0.25, 0.3) is 0 Å². The Kier molecular flexibility index (Phi) is 4.98. The lowest BCUT2D eigenvalue weighted by Crippen LogP contribution is -2.54. The Morgan fingerprint density at radius 2 is 1.67 bits per heavy atom. The van der Waals surface area contributed by atoms with Crippen LogP contribution in [-0.4, -0.2) is 30.3 Å². The van der Waals surface area contributed by atoms with Crippen LogP contribution in [0.1, 0.15) is 78.6 Å². The molecule has 4 fully saturated rings. The first-order valence-electron chi connectivity index (χ1n) is 10.9. The first-order valence-corrected chi connectivity index (χ1v) is 12.2. The van der Waals surface area contributed by atoms with E-state index in [-0.39, 0.29) is 16.9 Å².